The van der Waals surface area contributed by atoms with Gasteiger partial charge in [-0.05, 0) is 30.3 Å². The number of Topliss-reactive ketones (excluding diaryl/α,β-unsaturated/α-hetero) is 2. The highest BCUT2D eigenvalue weighted by atomic mass is 79.9. The number of rotatable bonds is 1. The van der Waals surface area contributed by atoms with Gasteiger partial charge in [0.05, 0.1) is 33.6 Å². The number of ketones is 2. The largest absolute Gasteiger partial charge is 0.508 e. The number of ether oxygens (including phenoxy) is 1. The van der Waals surface area contributed by atoms with Crippen LogP contribution in [-0.4, -0.2) is 26.6 Å². The zero-order valence-corrected chi connectivity index (χ0v) is 22.3. The number of halogens is 1. The second-order valence-electron chi connectivity index (χ2n) is 9.88. The zero-order chi connectivity index (χ0) is 27.1. The lowest BCUT2D eigenvalue weighted by atomic mass is 9.73. The van der Waals surface area contributed by atoms with Gasteiger partial charge in [-0.25, -0.2) is 9.97 Å². The summed E-state index contributed by atoms with van der Waals surface area (Å²) < 4.78 is 7.19. The highest BCUT2D eigenvalue weighted by Gasteiger charge is 2.45. The summed E-state index contributed by atoms with van der Waals surface area (Å²) in [5.41, 5.74) is 4.42. The van der Waals surface area contributed by atoms with Gasteiger partial charge in [0.25, 0.3) is 0 Å². The minimum atomic E-state index is -0.844. The maximum Gasteiger partial charge on any atom is 0.229 e. The minimum Gasteiger partial charge on any atom is -0.508 e. The van der Waals surface area contributed by atoms with E-state index in [-0.39, 0.29) is 28.6 Å². The maximum atomic E-state index is 14.2. The fourth-order valence-corrected chi connectivity index (χ4v) is 6.32. The first-order valence-corrected chi connectivity index (χ1v) is 13.5. The highest BCUT2D eigenvalue weighted by molar-refractivity contribution is 9.10. The number of fused-ring (bicyclic) bond motifs is 8. The topological polar surface area (TPSA) is 89.4 Å². The molecule has 0 spiro atoms. The molecule has 1 unspecified atom stereocenters. The van der Waals surface area contributed by atoms with Crippen LogP contribution >= 0.6 is 15.9 Å². The fourth-order valence-electron chi connectivity index (χ4n) is 5.94. The number of nitrogens with zero attached hydrogens (tertiary/aromatic N) is 2. The summed E-state index contributed by atoms with van der Waals surface area (Å²) in [7, 11) is 0. The first kappa shape index (κ1) is 23.0. The normalized spacial score (nSPS) is 16.2. The molecular formula is C33H17BrN2O4. The summed E-state index contributed by atoms with van der Waals surface area (Å²) in [6.45, 7) is 0. The van der Waals surface area contributed by atoms with Gasteiger partial charge in [0.2, 0.25) is 5.78 Å². The fraction of sp³-hybridized carbons (Fsp3) is 0.0303. The molecule has 6 nitrogen and oxygen atoms in total. The van der Waals surface area contributed by atoms with Crippen LogP contribution < -0.4 is 4.74 Å². The first-order valence-electron chi connectivity index (χ1n) is 12.7. The number of allylic oxidation sites excluding steroid dienone is 2. The number of benzene rings is 5. The monoisotopic (exact) mass is 584 g/mol. The van der Waals surface area contributed by atoms with Crippen LogP contribution in [0.15, 0.2) is 107 Å². The summed E-state index contributed by atoms with van der Waals surface area (Å²) in [6, 6.07) is 27.1. The summed E-state index contributed by atoms with van der Waals surface area (Å²) in [6.07, 6.45) is 0. The standard InChI is InChI=1S/C33H17BrN2O4/c34-16-13-14-24(37)21(15-16)25-26-29-28(35-22-11-5-6-12-23(22)36-29)17-7-1-4-10-20(17)32(26)40-33-27(25)30(38)18-8-2-3-9-19(18)31(33)39/h1-15,25,37H. The Kier molecular flexibility index (Phi) is 4.79. The molecule has 2 heterocycles. The van der Waals surface area contributed by atoms with Crippen LogP contribution in [0, 0.1) is 0 Å². The quantitative estimate of drug-likeness (QED) is 0.161. The van der Waals surface area contributed by atoms with Crippen LogP contribution in [0.25, 0.3) is 32.8 Å². The van der Waals surface area contributed by atoms with Crippen molar-refractivity contribution in [1.29, 1.82) is 0 Å². The molecule has 190 valence electrons. The molecule has 5 aromatic carbocycles. The van der Waals surface area contributed by atoms with Crippen LogP contribution in [0.4, 0.5) is 0 Å². The number of para-hydroxylation sites is 2. The Balaban J connectivity index is 1.57. The van der Waals surface area contributed by atoms with Gasteiger partial charge in [0, 0.05) is 37.5 Å². The second-order valence-corrected chi connectivity index (χ2v) is 10.8. The summed E-state index contributed by atoms with van der Waals surface area (Å²) in [4.78, 5) is 38.1. The van der Waals surface area contributed by atoms with E-state index in [9.17, 15) is 14.7 Å². The van der Waals surface area contributed by atoms with E-state index in [1.807, 2.05) is 48.5 Å². The lowest BCUT2D eigenvalue weighted by Crippen LogP contribution is -2.32. The van der Waals surface area contributed by atoms with E-state index in [1.165, 1.54) is 0 Å². The Labute approximate surface area is 235 Å². The molecule has 40 heavy (non-hydrogen) atoms. The van der Waals surface area contributed by atoms with Gasteiger partial charge in [-0.15, -0.1) is 0 Å². The molecule has 0 radical (unpaired) electrons. The number of aromatic hydroxyl groups is 1. The van der Waals surface area contributed by atoms with E-state index in [2.05, 4.69) is 15.9 Å². The SMILES string of the molecule is O=C1C2=C(C(=O)c3ccccc31)C(c1cc(Br)ccc1O)c1c(c3ccccc3c3nc4ccccc4nc13)O2. The maximum absolute atomic E-state index is 14.2. The Morgan fingerprint density at radius 3 is 2.10 bits per heavy atom. The first-order chi connectivity index (χ1) is 19.5. The third kappa shape index (κ3) is 3.09. The molecule has 1 aliphatic carbocycles. The van der Waals surface area contributed by atoms with E-state index in [1.54, 1.807) is 42.5 Å². The lowest BCUT2D eigenvalue weighted by Gasteiger charge is -2.34. The third-order valence-corrected chi connectivity index (χ3v) is 8.18. The predicted octanol–water partition coefficient (Wildman–Crippen LogP) is 7.26. The predicted molar refractivity (Wildman–Crippen MR) is 155 cm³/mol. The van der Waals surface area contributed by atoms with Crippen molar-refractivity contribution < 1.29 is 19.4 Å². The van der Waals surface area contributed by atoms with Crippen LogP contribution in [0.5, 0.6) is 11.5 Å². The number of hydrogen-bond donors (Lipinski definition) is 1. The summed E-state index contributed by atoms with van der Waals surface area (Å²) >= 11 is 3.53. The van der Waals surface area contributed by atoms with E-state index in [0.717, 1.165) is 16.3 Å². The number of phenolic OH excluding ortho intramolecular Hbond substituents is 1. The number of hydrogen-bond acceptors (Lipinski definition) is 6. The number of aromatic nitrogens is 2. The van der Waals surface area contributed by atoms with E-state index < -0.39 is 5.92 Å². The Morgan fingerprint density at radius 2 is 1.35 bits per heavy atom. The molecule has 8 rings (SSSR count). The van der Waals surface area contributed by atoms with E-state index in [0.29, 0.717) is 49.0 Å². The average molecular weight is 585 g/mol. The van der Waals surface area contributed by atoms with Crippen molar-refractivity contribution in [3.05, 3.63) is 129 Å². The van der Waals surface area contributed by atoms with Crippen molar-refractivity contribution in [2.24, 2.45) is 0 Å². The van der Waals surface area contributed by atoms with Crippen molar-refractivity contribution in [3.8, 4) is 11.5 Å². The van der Waals surface area contributed by atoms with Gasteiger partial charge in [-0.3, -0.25) is 9.59 Å². The van der Waals surface area contributed by atoms with Gasteiger partial charge in [0.1, 0.15) is 11.5 Å². The van der Waals surface area contributed by atoms with Crippen molar-refractivity contribution in [1.82, 2.24) is 9.97 Å². The van der Waals surface area contributed by atoms with Crippen molar-refractivity contribution in [2.45, 2.75) is 5.92 Å². The Morgan fingerprint density at radius 1 is 0.725 bits per heavy atom. The molecule has 2 aliphatic rings. The Bertz CT molecular complexity index is 2170. The molecule has 7 heteroatoms. The molecule has 1 N–H and O–H groups in total. The molecule has 1 aromatic heterocycles. The lowest BCUT2D eigenvalue weighted by molar-refractivity contribution is 0.0928. The molecule has 0 saturated heterocycles. The van der Waals surface area contributed by atoms with Gasteiger partial charge in [-0.1, -0.05) is 76.6 Å². The molecule has 0 amide bonds. The summed E-state index contributed by atoms with van der Waals surface area (Å²) in [5, 5.41) is 12.7. The molecule has 6 aromatic rings. The minimum absolute atomic E-state index is 0.0120. The Hall–Kier alpha value is -4.88. The third-order valence-electron chi connectivity index (χ3n) is 7.69. The van der Waals surface area contributed by atoms with E-state index in [4.69, 9.17) is 14.7 Å². The molecule has 0 bridgehead atoms. The van der Waals surface area contributed by atoms with Crippen LogP contribution in [0.1, 0.15) is 37.8 Å². The molecule has 0 fully saturated rings. The number of phenols is 1. The van der Waals surface area contributed by atoms with Crippen molar-refractivity contribution in [2.75, 3.05) is 0 Å². The summed E-state index contributed by atoms with van der Waals surface area (Å²) in [5.74, 6) is -1.15. The second kappa shape index (κ2) is 8.31. The average Bonchev–Trinajstić information content (AvgIpc) is 2.99. The van der Waals surface area contributed by atoms with Crippen LogP contribution in [0.3, 0.4) is 0 Å². The molecule has 1 atom stereocenters. The van der Waals surface area contributed by atoms with Crippen LogP contribution in [0.2, 0.25) is 0 Å². The van der Waals surface area contributed by atoms with E-state index >= 15 is 0 Å². The smallest absolute Gasteiger partial charge is 0.229 e. The molecule has 1 aliphatic heterocycles. The molecule has 0 saturated carbocycles. The van der Waals surface area contributed by atoms with Crippen LogP contribution in [-0.2, 0) is 0 Å². The van der Waals surface area contributed by atoms with Gasteiger partial charge < -0.3 is 9.84 Å². The number of carbonyl (C=O) groups excluding carboxylic acids is 2. The van der Waals surface area contributed by atoms with Gasteiger partial charge in [0.15, 0.2) is 11.5 Å². The van der Waals surface area contributed by atoms with Crippen molar-refractivity contribution in [3.63, 3.8) is 0 Å². The highest BCUT2D eigenvalue weighted by Crippen LogP contribution is 2.53. The van der Waals surface area contributed by atoms with Gasteiger partial charge >= 0.3 is 0 Å². The van der Waals surface area contributed by atoms with Crippen molar-refractivity contribution >= 4 is 60.3 Å². The molecular weight excluding hydrogens is 568 g/mol. The zero-order valence-electron chi connectivity index (χ0n) is 20.7. The number of carbonyl (C=O) groups is 2. The van der Waals surface area contributed by atoms with Gasteiger partial charge in [-0.2, -0.15) is 0 Å².